The summed E-state index contributed by atoms with van der Waals surface area (Å²) in [6, 6.07) is 11.8. The first-order valence-electron chi connectivity index (χ1n) is 7.71. The molecule has 0 bridgehead atoms. The number of rotatable bonds is 4. The molecule has 1 aromatic heterocycles. The molecule has 0 amide bonds. The lowest BCUT2D eigenvalue weighted by Crippen LogP contribution is -2.23. The molecule has 0 saturated heterocycles. The number of benzene rings is 2. The minimum absolute atomic E-state index is 0.0248. The van der Waals surface area contributed by atoms with Crippen LogP contribution in [-0.2, 0) is 6.54 Å². The molecular weight excluding hydrogens is 288 g/mol. The molecule has 3 rings (SSSR count). The Labute approximate surface area is 135 Å². The van der Waals surface area contributed by atoms with E-state index in [0.29, 0.717) is 18.5 Å². The van der Waals surface area contributed by atoms with Crippen LogP contribution in [0.3, 0.4) is 0 Å². The number of aromatic nitrogens is 2. The molecule has 23 heavy (non-hydrogen) atoms. The zero-order chi connectivity index (χ0) is 16.4. The summed E-state index contributed by atoms with van der Waals surface area (Å²) in [4.78, 5) is 16.9. The van der Waals surface area contributed by atoms with Crippen LogP contribution < -0.4 is 10.3 Å². The van der Waals surface area contributed by atoms with E-state index in [1.54, 1.807) is 10.9 Å². The van der Waals surface area contributed by atoms with Crippen molar-refractivity contribution in [3.63, 3.8) is 0 Å². The van der Waals surface area contributed by atoms with Crippen LogP contribution in [-0.4, -0.2) is 16.2 Å². The van der Waals surface area contributed by atoms with Crippen LogP contribution in [0.1, 0.15) is 16.7 Å². The summed E-state index contributed by atoms with van der Waals surface area (Å²) in [6.45, 7) is 6.92. The second-order valence-corrected chi connectivity index (χ2v) is 5.83. The molecule has 0 fully saturated rings. The van der Waals surface area contributed by atoms with Gasteiger partial charge < -0.3 is 4.74 Å². The Bertz CT molecular complexity index is 913. The predicted octanol–water partition coefficient (Wildman–Crippen LogP) is 3.40. The van der Waals surface area contributed by atoms with Gasteiger partial charge in [0.15, 0.2) is 0 Å². The number of ether oxygens (including phenoxy) is 1. The number of hydrogen-bond acceptors (Lipinski definition) is 3. The van der Waals surface area contributed by atoms with Gasteiger partial charge in [-0.15, -0.1) is 0 Å². The van der Waals surface area contributed by atoms with E-state index in [1.165, 1.54) is 0 Å². The second kappa shape index (κ2) is 6.24. The number of aryl methyl sites for hydroxylation is 3. The van der Waals surface area contributed by atoms with E-state index < -0.39 is 0 Å². The quantitative estimate of drug-likeness (QED) is 0.742. The standard InChI is InChI=1S/C19H20N2O2/c1-13-7-8-14(2)17(11-13)23-10-9-21-12-20-18-15(3)5-4-6-16(18)19(21)22/h4-8,11-12H,9-10H2,1-3H3. The van der Waals surface area contributed by atoms with Gasteiger partial charge in [-0.2, -0.15) is 0 Å². The fourth-order valence-electron chi connectivity index (χ4n) is 2.61. The smallest absolute Gasteiger partial charge is 0.261 e. The Hall–Kier alpha value is -2.62. The molecule has 4 nitrogen and oxygen atoms in total. The molecule has 2 aromatic carbocycles. The first-order valence-corrected chi connectivity index (χ1v) is 7.71. The van der Waals surface area contributed by atoms with E-state index in [0.717, 1.165) is 28.0 Å². The van der Waals surface area contributed by atoms with Crippen molar-refractivity contribution in [3.8, 4) is 5.75 Å². The number of hydrogen-bond donors (Lipinski definition) is 0. The van der Waals surface area contributed by atoms with Gasteiger partial charge in [0, 0.05) is 0 Å². The maximum atomic E-state index is 12.5. The summed E-state index contributed by atoms with van der Waals surface area (Å²) >= 11 is 0. The van der Waals surface area contributed by atoms with Crippen molar-refractivity contribution in [3.05, 3.63) is 69.8 Å². The van der Waals surface area contributed by atoms with Gasteiger partial charge in [0.2, 0.25) is 0 Å². The average molecular weight is 308 g/mol. The summed E-state index contributed by atoms with van der Waals surface area (Å²) in [7, 11) is 0. The highest BCUT2D eigenvalue weighted by Crippen LogP contribution is 2.19. The Morgan fingerprint density at radius 1 is 1.09 bits per heavy atom. The van der Waals surface area contributed by atoms with Crippen LogP contribution in [0.15, 0.2) is 47.5 Å². The van der Waals surface area contributed by atoms with Crippen molar-refractivity contribution >= 4 is 10.9 Å². The minimum Gasteiger partial charge on any atom is -0.491 e. The van der Waals surface area contributed by atoms with Gasteiger partial charge in [0.25, 0.3) is 5.56 Å². The maximum Gasteiger partial charge on any atom is 0.261 e. The average Bonchev–Trinajstić information content (AvgIpc) is 2.53. The molecule has 1 heterocycles. The largest absolute Gasteiger partial charge is 0.491 e. The molecule has 0 aliphatic rings. The SMILES string of the molecule is Cc1ccc(C)c(OCCn2cnc3c(C)cccc3c2=O)c1. The van der Waals surface area contributed by atoms with Crippen molar-refractivity contribution in [2.24, 2.45) is 0 Å². The van der Waals surface area contributed by atoms with Gasteiger partial charge in [0.1, 0.15) is 12.4 Å². The zero-order valence-corrected chi connectivity index (χ0v) is 13.7. The molecule has 0 N–H and O–H groups in total. The van der Waals surface area contributed by atoms with Crippen LogP contribution in [0.4, 0.5) is 0 Å². The predicted molar refractivity (Wildman–Crippen MR) is 92.2 cm³/mol. The molecule has 0 saturated carbocycles. The highest BCUT2D eigenvalue weighted by atomic mass is 16.5. The Balaban J connectivity index is 1.79. The van der Waals surface area contributed by atoms with E-state index in [4.69, 9.17) is 4.74 Å². The Morgan fingerprint density at radius 3 is 2.74 bits per heavy atom. The highest BCUT2D eigenvalue weighted by molar-refractivity contribution is 5.80. The summed E-state index contributed by atoms with van der Waals surface area (Å²) in [5.74, 6) is 0.864. The second-order valence-electron chi connectivity index (χ2n) is 5.83. The lowest BCUT2D eigenvalue weighted by Gasteiger charge is -2.11. The molecule has 0 aliphatic heterocycles. The molecule has 0 atom stereocenters. The van der Waals surface area contributed by atoms with Crippen molar-refractivity contribution < 1.29 is 4.74 Å². The van der Waals surface area contributed by atoms with Gasteiger partial charge in [0.05, 0.1) is 23.8 Å². The minimum atomic E-state index is -0.0248. The van der Waals surface area contributed by atoms with Crippen LogP contribution in [0, 0.1) is 20.8 Å². The number of fused-ring (bicyclic) bond motifs is 1. The molecule has 0 aliphatic carbocycles. The van der Waals surface area contributed by atoms with Crippen molar-refractivity contribution in [1.82, 2.24) is 9.55 Å². The van der Waals surface area contributed by atoms with Crippen molar-refractivity contribution in [2.75, 3.05) is 6.61 Å². The highest BCUT2D eigenvalue weighted by Gasteiger charge is 2.06. The molecular formula is C19H20N2O2. The molecule has 118 valence electrons. The maximum absolute atomic E-state index is 12.5. The van der Waals surface area contributed by atoms with Crippen molar-refractivity contribution in [2.45, 2.75) is 27.3 Å². The molecule has 0 spiro atoms. The third kappa shape index (κ3) is 3.11. The summed E-state index contributed by atoms with van der Waals surface area (Å²) in [5.41, 5.74) is 4.01. The molecule has 0 radical (unpaired) electrons. The summed E-state index contributed by atoms with van der Waals surface area (Å²) in [5, 5.41) is 0.652. The third-order valence-electron chi connectivity index (χ3n) is 3.99. The first-order chi connectivity index (χ1) is 11.1. The normalized spacial score (nSPS) is 10.9. The van der Waals surface area contributed by atoms with Crippen LogP contribution >= 0.6 is 0 Å². The van der Waals surface area contributed by atoms with Crippen LogP contribution in [0.2, 0.25) is 0 Å². The number of para-hydroxylation sites is 1. The summed E-state index contributed by atoms with van der Waals surface area (Å²) in [6.07, 6.45) is 1.60. The van der Waals surface area contributed by atoms with Crippen molar-refractivity contribution in [1.29, 1.82) is 0 Å². The Morgan fingerprint density at radius 2 is 1.91 bits per heavy atom. The number of nitrogens with zero attached hydrogens (tertiary/aromatic N) is 2. The van der Waals surface area contributed by atoms with Gasteiger partial charge in [-0.1, -0.05) is 24.3 Å². The monoisotopic (exact) mass is 308 g/mol. The van der Waals surface area contributed by atoms with Crippen LogP contribution in [0.25, 0.3) is 10.9 Å². The molecule has 4 heteroatoms. The van der Waals surface area contributed by atoms with E-state index in [-0.39, 0.29) is 5.56 Å². The lowest BCUT2D eigenvalue weighted by atomic mass is 10.1. The van der Waals surface area contributed by atoms with Gasteiger partial charge >= 0.3 is 0 Å². The third-order valence-corrected chi connectivity index (χ3v) is 3.99. The zero-order valence-electron chi connectivity index (χ0n) is 13.7. The van der Waals surface area contributed by atoms with E-state index in [2.05, 4.69) is 11.1 Å². The Kier molecular flexibility index (Phi) is 4.15. The summed E-state index contributed by atoms with van der Waals surface area (Å²) < 4.78 is 7.43. The van der Waals surface area contributed by atoms with E-state index in [9.17, 15) is 4.79 Å². The first kappa shape index (κ1) is 15.3. The van der Waals surface area contributed by atoms with E-state index in [1.807, 2.05) is 51.1 Å². The van der Waals surface area contributed by atoms with Gasteiger partial charge in [-0.3, -0.25) is 9.36 Å². The van der Waals surface area contributed by atoms with Gasteiger partial charge in [-0.25, -0.2) is 4.98 Å². The fraction of sp³-hybridized carbons (Fsp3) is 0.263. The lowest BCUT2D eigenvalue weighted by molar-refractivity contribution is 0.294. The topological polar surface area (TPSA) is 44.1 Å². The van der Waals surface area contributed by atoms with E-state index >= 15 is 0 Å². The molecule has 3 aromatic rings. The molecule has 0 unspecified atom stereocenters. The fourth-order valence-corrected chi connectivity index (χ4v) is 2.61. The van der Waals surface area contributed by atoms with Crippen LogP contribution in [0.5, 0.6) is 5.75 Å². The van der Waals surface area contributed by atoms with Gasteiger partial charge in [-0.05, 0) is 49.6 Å².